The van der Waals surface area contributed by atoms with E-state index in [1.54, 1.807) is 6.20 Å². The van der Waals surface area contributed by atoms with Gasteiger partial charge in [-0.2, -0.15) is 0 Å². The van der Waals surface area contributed by atoms with E-state index in [1.807, 2.05) is 30.0 Å². The second-order valence-electron chi connectivity index (χ2n) is 8.40. The fourth-order valence-corrected chi connectivity index (χ4v) is 3.81. The lowest BCUT2D eigenvalue weighted by molar-refractivity contribution is -0.0182. The first-order valence-corrected chi connectivity index (χ1v) is 10.3. The number of nitrogens with zero attached hydrogens (tertiary/aromatic N) is 5. The van der Waals surface area contributed by atoms with Crippen molar-refractivity contribution in [2.24, 2.45) is 5.92 Å². The molecule has 8 heteroatoms. The maximum Gasteiger partial charge on any atom is 0.317 e. The minimum atomic E-state index is -0.214. The van der Waals surface area contributed by atoms with Crippen LogP contribution in [0.2, 0.25) is 0 Å². The van der Waals surface area contributed by atoms with Crippen molar-refractivity contribution >= 4 is 12.0 Å². The molecule has 2 saturated heterocycles. The summed E-state index contributed by atoms with van der Waals surface area (Å²) in [5, 5.41) is 3.23. The Morgan fingerprint density at radius 3 is 2.75 bits per heavy atom. The van der Waals surface area contributed by atoms with Crippen molar-refractivity contribution in [1.29, 1.82) is 0 Å². The number of anilines is 1. The van der Waals surface area contributed by atoms with Crippen LogP contribution < -0.4 is 10.2 Å². The second kappa shape index (κ2) is 9.52. The highest BCUT2D eigenvalue weighted by molar-refractivity contribution is 5.74. The predicted molar refractivity (Wildman–Crippen MR) is 109 cm³/mol. The maximum atomic E-state index is 12.8. The van der Waals surface area contributed by atoms with Gasteiger partial charge < -0.3 is 24.8 Å². The van der Waals surface area contributed by atoms with E-state index in [1.165, 1.54) is 0 Å². The molecule has 0 spiro atoms. The molecule has 8 nitrogen and oxygen atoms in total. The zero-order chi connectivity index (χ0) is 20.1. The number of likely N-dealkylation sites (tertiary alicyclic amines) is 1. The van der Waals surface area contributed by atoms with Gasteiger partial charge >= 0.3 is 6.03 Å². The Bertz CT molecular complexity index is 645. The molecule has 1 atom stereocenters. The number of urea groups is 1. The van der Waals surface area contributed by atoms with Crippen molar-refractivity contribution in [3.05, 3.63) is 18.0 Å². The smallest absolute Gasteiger partial charge is 0.317 e. The van der Waals surface area contributed by atoms with Gasteiger partial charge in [0, 0.05) is 52.5 Å². The fraction of sp³-hybridized carbons (Fsp3) is 0.750. The molecule has 0 radical (unpaired) electrons. The third-order valence-corrected chi connectivity index (χ3v) is 5.29. The molecule has 2 fully saturated rings. The number of ether oxygens (including phenoxy) is 1. The van der Waals surface area contributed by atoms with Crippen LogP contribution in [0.1, 0.15) is 38.5 Å². The van der Waals surface area contributed by atoms with Gasteiger partial charge in [0.25, 0.3) is 0 Å². The van der Waals surface area contributed by atoms with Gasteiger partial charge in [-0.25, -0.2) is 14.8 Å². The largest absolute Gasteiger partial charge is 0.368 e. The summed E-state index contributed by atoms with van der Waals surface area (Å²) in [6.07, 6.45) is 3.56. The van der Waals surface area contributed by atoms with Crippen LogP contribution >= 0.6 is 0 Å². The number of hydrogen-bond acceptors (Lipinski definition) is 6. The molecule has 2 amide bonds. The van der Waals surface area contributed by atoms with Crippen LogP contribution in [-0.2, 0) is 4.74 Å². The van der Waals surface area contributed by atoms with E-state index in [2.05, 4.69) is 34.0 Å². The first-order valence-electron chi connectivity index (χ1n) is 10.3. The molecule has 1 aromatic heterocycles. The third-order valence-electron chi connectivity index (χ3n) is 5.29. The van der Waals surface area contributed by atoms with E-state index >= 15 is 0 Å². The van der Waals surface area contributed by atoms with Gasteiger partial charge in [-0.1, -0.05) is 13.8 Å². The maximum absolute atomic E-state index is 12.8. The van der Waals surface area contributed by atoms with Crippen molar-refractivity contribution in [1.82, 2.24) is 25.1 Å². The summed E-state index contributed by atoms with van der Waals surface area (Å²) in [5.41, 5.74) is 0.818. The average molecular weight is 391 g/mol. The summed E-state index contributed by atoms with van der Waals surface area (Å²) >= 11 is 0. The molecule has 2 aliphatic heterocycles. The van der Waals surface area contributed by atoms with Crippen LogP contribution in [0.15, 0.2) is 12.3 Å². The monoisotopic (exact) mass is 390 g/mol. The highest BCUT2D eigenvalue weighted by atomic mass is 16.5. The van der Waals surface area contributed by atoms with Crippen LogP contribution in [-0.4, -0.2) is 85.3 Å². The van der Waals surface area contributed by atoms with E-state index in [9.17, 15) is 4.79 Å². The standard InChI is InChI=1S/C20H34N6O2/c1-15(2)13-25-9-6-16(7-10-25)22-20(27)26-11-12-28-18(14-26)17-5-8-21-19(23-17)24(3)4/h5,8,15-16,18H,6-7,9-14H2,1-4H3,(H,22,27). The van der Waals surface area contributed by atoms with Crippen molar-refractivity contribution in [2.45, 2.75) is 38.8 Å². The molecule has 0 bridgehead atoms. The van der Waals surface area contributed by atoms with Crippen molar-refractivity contribution in [3.8, 4) is 0 Å². The number of piperidine rings is 1. The van der Waals surface area contributed by atoms with Crippen LogP contribution in [0.4, 0.5) is 10.7 Å². The van der Waals surface area contributed by atoms with Crippen LogP contribution in [0.25, 0.3) is 0 Å². The van der Waals surface area contributed by atoms with Gasteiger partial charge in [-0.3, -0.25) is 0 Å². The minimum absolute atomic E-state index is 0.0116. The first-order chi connectivity index (χ1) is 13.4. The number of nitrogens with one attached hydrogen (secondary N) is 1. The number of rotatable bonds is 5. The fourth-order valence-electron chi connectivity index (χ4n) is 3.81. The van der Waals surface area contributed by atoms with Crippen molar-refractivity contribution < 1.29 is 9.53 Å². The van der Waals surface area contributed by atoms with Crippen molar-refractivity contribution in [2.75, 3.05) is 58.3 Å². The van der Waals surface area contributed by atoms with E-state index in [0.717, 1.165) is 38.2 Å². The number of hydrogen-bond donors (Lipinski definition) is 1. The molecule has 3 heterocycles. The molecule has 1 N–H and O–H groups in total. The molecule has 2 aliphatic rings. The molecule has 156 valence electrons. The number of carbonyl (C=O) groups excluding carboxylic acids is 1. The summed E-state index contributed by atoms with van der Waals surface area (Å²) in [7, 11) is 3.82. The van der Waals surface area contributed by atoms with Crippen LogP contribution in [0.5, 0.6) is 0 Å². The molecule has 0 saturated carbocycles. The van der Waals surface area contributed by atoms with E-state index in [0.29, 0.717) is 31.6 Å². The number of morpholine rings is 1. The highest BCUT2D eigenvalue weighted by Gasteiger charge is 2.29. The zero-order valence-electron chi connectivity index (χ0n) is 17.6. The van der Waals surface area contributed by atoms with Crippen molar-refractivity contribution in [3.63, 3.8) is 0 Å². The summed E-state index contributed by atoms with van der Waals surface area (Å²) in [5.74, 6) is 1.34. The minimum Gasteiger partial charge on any atom is -0.368 e. The Kier molecular flexibility index (Phi) is 7.07. The Morgan fingerprint density at radius 1 is 1.32 bits per heavy atom. The second-order valence-corrected chi connectivity index (χ2v) is 8.40. The van der Waals surface area contributed by atoms with Crippen LogP contribution in [0, 0.1) is 5.92 Å². The quantitative estimate of drug-likeness (QED) is 0.826. The molecular formula is C20H34N6O2. The highest BCUT2D eigenvalue weighted by Crippen LogP contribution is 2.22. The topological polar surface area (TPSA) is 73.8 Å². The molecule has 0 aliphatic carbocycles. The van der Waals surface area contributed by atoms with Gasteiger partial charge in [-0.05, 0) is 24.8 Å². The number of carbonyl (C=O) groups is 1. The lowest BCUT2D eigenvalue weighted by atomic mass is 10.0. The Labute approximate surface area is 168 Å². The summed E-state index contributed by atoms with van der Waals surface area (Å²) in [6.45, 7) is 9.41. The Balaban J connectivity index is 1.52. The first kappa shape index (κ1) is 20.8. The van der Waals surface area contributed by atoms with Crippen LogP contribution in [0.3, 0.4) is 0 Å². The molecule has 1 aromatic rings. The van der Waals surface area contributed by atoms with Gasteiger partial charge in [0.05, 0.1) is 18.8 Å². The van der Waals surface area contributed by atoms with E-state index in [4.69, 9.17) is 4.74 Å². The molecular weight excluding hydrogens is 356 g/mol. The van der Waals surface area contributed by atoms with E-state index in [-0.39, 0.29) is 18.2 Å². The number of amides is 2. The summed E-state index contributed by atoms with van der Waals surface area (Å²) < 4.78 is 5.88. The average Bonchev–Trinajstić information content (AvgIpc) is 2.69. The Morgan fingerprint density at radius 2 is 2.07 bits per heavy atom. The van der Waals surface area contributed by atoms with Gasteiger partial charge in [0.2, 0.25) is 5.95 Å². The zero-order valence-corrected chi connectivity index (χ0v) is 17.6. The van der Waals surface area contributed by atoms with Gasteiger partial charge in [0.15, 0.2) is 0 Å². The lowest BCUT2D eigenvalue weighted by Gasteiger charge is -2.36. The lowest BCUT2D eigenvalue weighted by Crippen LogP contribution is -2.52. The molecule has 3 rings (SSSR count). The molecule has 1 unspecified atom stereocenters. The summed E-state index contributed by atoms with van der Waals surface area (Å²) in [6, 6.07) is 2.14. The van der Waals surface area contributed by atoms with E-state index < -0.39 is 0 Å². The SMILES string of the molecule is CC(C)CN1CCC(NC(=O)N2CCOC(c3ccnc(N(C)C)n3)C2)CC1. The third kappa shape index (κ3) is 5.54. The molecule has 28 heavy (non-hydrogen) atoms. The van der Waals surface area contributed by atoms with Gasteiger partial charge in [-0.15, -0.1) is 0 Å². The number of aromatic nitrogens is 2. The normalized spacial score (nSPS) is 21.8. The summed E-state index contributed by atoms with van der Waals surface area (Å²) in [4.78, 5) is 27.8. The predicted octanol–water partition coefficient (Wildman–Crippen LogP) is 1.75. The Hall–Kier alpha value is -1.93. The molecule has 0 aromatic carbocycles. The van der Waals surface area contributed by atoms with Gasteiger partial charge in [0.1, 0.15) is 6.10 Å².